The SMILES string of the molecule is CC(C)(CCCN1CCCC1CCCO)C(N)=S. The highest BCUT2D eigenvalue weighted by Gasteiger charge is 2.25. The normalized spacial score (nSPS) is 21.4. The largest absolute Gasteiger partial charge is 0.396 e. The van der Waals surface area contributed by atoms with E-state index in [-0.39, 0.29) is 5.41 Å². The van der Waals surface area contributed by atoms with Gasteiger partial charge >= 0.3 is 0 Å². The number of aliphatic hydroxyl groups excluding tert-OH is 1. The van der Waals surface area contributed by atoms with Gasteiger partial charge in [0, 0.05) is 18.1 Å². The molecule has 0 radical (unpaired) electrons. The maximum absolute atomic E-state index is 8.91. The molecule has 3 nitrogen and oxygen atoms in total. The number of hydrogen-bond acceptors (Lipinski definition) is 3. The highest BCUT2D eigenvalue weighted by atomic mass is 32.1. The number of nitrogens with two attached hydrogens (primary N) is 1. The summed E-state index contributed by atoms with van der Waals surface area (Å²) in [6.07, 6.45) is 6.87. The third-order valence-electron chi connectivity index (χ3n) is 4.11. The second kappa shape index (κ2) is 7.41. The molecule has 0 aromatic carbocycles. The van der Waals surface area contributed by atoms with Crippen molar-refractivity contribution < 1.29 is 5.11 Å². The van der Waals surface area contributed by atoms with Gasteiger partial charge in [-0.25, -0.2) is 0 Å². The van der Waals surface area contributed by atoms with Gasteiger partial charge in [-0.15, -0.1) is 0 Å². The number of hydrogen-bond donors (Lipinski definition) is 2. The Morgan fingerprint density at radius 3 is 2.78 bits per heavy atom. The molecule has 0 saturated carbocycles. The van der Waals surface area contributed by atoms with Crippen LogP contribution >= 0.6 is 12.2 Å². The van der Waals surface area contributed by atoms with Crippen LogP contribution in [0.2, 0.25) is 0 Å². The Hall–Kier alpha value is -0.190. The molecule has 0 spiro atoms. The van der Waals surface area contributed by atoms with Gasteiger partial charge in [0.2, 0.25) is 0 Å². The summed E-state index contributed by atoms with van der Waals surface area (Å²) in [7, 11) is 0. The first-order chi connectivity index (χ1) is 8.47. The fourth-order valence-corrected chi connectivity index (χ4v) is 2.79. The Morgan fingerprint density at radius 1 is 1.44 bits per heavy atom. The van der Waals surface area contributed by atoms with Gasteiger partial charge in [-0.2, -0.15) is 0 Å². The molecule has 1 heterocycles. The molecule has 1 aliphatic heterocycles. The minimum Gasteiger partial charge on any atom is -0.396 e. The van der Waals surface area contributed by atoms with E-state index in [2.05, 4.69) is 18.7 Å². The summed E-state index contributed by atoms with van der Waals surface area (Å²) in [5.41, 5.74) is 5.73. The van der Waals surface area contributed by atoms with Gasteiger partial charge in [-0.05, 0) is 51.6 Å². The Morgan fingerprint density at radius 2 is 2.17 bits per heavy atom. The van der Waals surface area contributed by atoms with Gasteiger partial charge in [0.05, 0.1) is 4.99 Å². The second-order valence-corrected chi connectivity index (χ2v) is 6.49. The molecular weight excluding hydrogens is 244 g/mol. The predicted octanol–water partition coefficient (Wildman–Crippen LogP) is 2.32. The van der Waals surface area contributed by atoms with E-state index in [1.54, 1.807) is 0 Å². The molecule has 1 saturated heterocycles. The monoisotopic (exact) mass is 272 g/mol. The molecule has 106 valence electrons. The smallest absolute Gasteiger partial charge is 0.0784 e. The molecule has 0 aromatic rings. The maximum Gasteiger partial charge on any atom is 0.0784 e. The van der Waals surface area contributed by atoms with Crippen LogP contribution in [-0.4, -0.2) is 40.7 Å². The average molecular weight is 272 g/mol. The summed E-state index contributed by atoms with van der Waals surface area (Å²) in [5.74, 6) is 0. The second-order valence-electron chi connectivity index (χ2n) is 6.05. The third-order valence-corrected chi connectivity index (χ3v) is 4.66. The highest BCUT2D eigenvalue weighted by Crippen LogP contribution is 2.25. The summed E-state index contributed by atoms with van der Waals surface area (Å²) in [5, 5.41) is 8.91. The van der Waals surface area contributed by atoms with Crippen LogP contribution in [0.15, 0.2) is 0 Å². The lowest BCUT2D eigenvalue weighted by atomic mass is 9.88. The van der Waals surface area contributed by atoms with Crippen molar-refractivity contribution in [2.45, 2.75) is 58.4 Å². The summed E-state index contributed by atoms with van der Waals surface area (Å²) in [6.45, 7) is 6.93. The summed E-state index contributed by atoms with van der Waals surface area (Å²) in [4.78, 5) is 3.20. The van der Waals surface area contributed by atoms with E-state index in [4.69, 9.17) is 23.1 Å². The van der Waals surface area contributed by atoms with Gasteiger partial charge in [0.15, 0.2) is 0 Å². The molecular formula is C14H28N2OS. The number of thiocarbonyl (C=S) groups is 1. The molecule has 0 aromatic heterocycles. The van der Waals surface area contributed by atoms with Crippen LogP contribution < -0.4 is 5.73 Å². The third kappa shape index (κ3) is 4.82. The van der Waals surface area contributed by atoms with Gasteiger partial charge in [-0.3, -0.25) is 0 Å². The topological polar surface area (TPSA) is 49.5 Å². The first kappa shape index (κ1) is 15.9. The molecule has 0 amide bonds. The first-order valence-corrected chi connectivity index (χ1v) is 7.53. The Bertz CT molecular complexity index is 269. The van der Waals surface area contributed by atoms with Crippen LogP contribution in [-0.2, 0) is 0 Å². The molecule has 0 bridgehead atoms. The summed E-state index contributed by atoms with van der Waals surface area (Å²) < 4.78 is 0. The minimum absolute atomic E-state index is 0.0182. The number of aliphatic hydroxyl groups is 1. The molecule has 0 aliphatic carbocycles. The minimum atomic E-state index is -0.0182. The van der Waals surface area contributed by atoms with E-state index < -0.39 is 0 Å². The molecule has 1 atom stereocenters. The van der Waals surface area contributed by atoms with E-state index in [1.165, 1.54) is 19.4 Å². The lowest BCUT2D eigenvalue weighted by Gasteiger charge is -2.27. The van der Waals surface area contributed by atoms with Crippen molar-refractivity contribution in [3.05, 3.63) is 0 Å². The number of likely N-dealkylation sites (tertiary alicyclic amines) is 1. The van der Waals surface area contributed by atoms with Crippen molar-refractivity contribution in [3.63, 3.8) is 0 Å². The maximum atomic E-state index is 8.91. The van der Waals surface area contributed by atoms with Crippen molar-refractivity contribution in [2.24, 2.45) is 11.1 Å². The standard InChI is InChI=1S/C14H28N2OS/c1-14(2,13(15)18)8-5-10-16-9-3-6-12(16)7-4-11-17/h12,17H,3-11H2,1-2H3,(H2,15,18). The highest BCUT2D eigenvalue weighted by molar-refractivity contribution is 7.80. The van der Waals surface area contributed by atoms with Crippen molar-refractivity contribution in [3.8, 4) is 0 Å². The van der Waals surface area contributed by atoms with Crippen molar-refractivity contribution in [2.75, 3.05) is 19.7 Å². The fraction of sp³-hybridized carbons (Fsp3) is 0.929. The Balaban J connectivity index is 2.28. The molecule has 3 N–H and O–H groups in total. The van der Waals surface area contributed by atoms with Gasteiger partial charge in [0.25, 0.3) is 0 Å². The van der Waals surface area contributed by atoms with E-state index in [0.29, 0.717) is 17.6 Å². The zero-order valence-electron chi connectivity index (χ0n) is 11.8. The zero-order chi connectivity index (χ0) is 13.6. The Kier molecular flexibility index (Phi) is 6.53. The lowest BCUT2D eigenvalue weighted by molar-refractivity contribution is 0.209. The quantitative estimate of drug-likeness (QED) is 0.666. The van der Waals surface area contributed by atoms with E-state index in [9.17, 15) is 0 Å². The predicted molar refractivity (Wildman–Crippen MR) is 80.7 cm³/mol. The van der Waals surface area contributed by atoms with Gasteiger partial charge in [0.1, 0.15) is 0 Å². The van der Waals surface area contributed by atoms with Crippen molar-refractivity contribution in [1.82, 2.24) is 4.90 Å². The van der Waals surface area contributed by atoms with Crippen molar-refractivity contribution in [1.29, 1.82) is 0 Å². The first-order valence-electron chi connectivity index (χ1n) is 7.12. The van der Waals surface area contributed by atoms with Gasteiger partial charge < -0.3 is 15.7 Å². The van der Waals surface area contributed by atoms with E-state index >= 15 is 0 Å². The van der Waals surface area contributed by atoms with E-state index in [0.717, 1.165) is 32.2 Å². The van der Waals surface area contributed by atoms with Crippen LogP contribution in [0.5, 0.6) is 0 Å². The fourth-order valence-electron chi connectivity index (χ4n) is 2.69. The Labute approximate surface area is 117 Å². The zero-order valence-corrected chi connectivity index (χ0v) is 12.6. The molecule has 4 heteroatoms. The summed E-state index contributed by atoms with van der Waals surface area (Å²) in [6, 6.07) is 0.685. The van der Waals surface area contributed by atoms with Crippen molar-refractivity contribution >= 4 is 17.2 Å². The van der Waals surface area contributed by atoms with Crippen LogP contribution in [0.4, 0.5) is 0 Å². The molecule has 1 unspecified atom stereocenters. The number of rotatable bonds is 8. The number of nitrogens with zero attached hydrogens (tertiary/aromatic N) is 1. The van der Waals surface area contributed by atoms with Crippen LogP contribution in [0, 0.1) is 5.41 Å². The van der Waals surface area contributed by atoms with Gasteiger partial charge in [-0.1, -0.05) is 26.1 Å². The van der Waals surface area contributed by atoms with Crippen LogP contribution in [0.25, 0.3) is 0 Å². The van der Waals surface area contributed by atoms with Crippen LogP contribution in [0.3, 0.4) is 0 Å². The molecule has 1 rings (SSSR count). The van der Waals surface area contributed by atoms with E-state index in [1.807, 2.05) is 0 Å². The molecule has 18 heavy (non-hydrogen) atoms. The molecule has 1 fully saturated rings. The molecule has 1 aliphatic rings. The lowest BCUT2D eigenvalue weighted by Crippen LogP contribution is -2.33. The average Bonchev–Trinajstić information content (AvgIpc) is 2.73. The van der Waals surface area contributed by atoms with Crippen LogP contribution in [0.1, 0.15) is 52.4 Å². The summed E-state index contributed by atoms with van der Waals surface area (Å²) >= 11 is 5.10.